The van der Waals surface area contributed by atoms with Gasteiger partial charge in [-0.2, -0.15) is 0 Å². The molecular formula is C16H25N3O4S. The van der Waals surface area contributed by atoms with Gasteiger partial charge in [-0.05, 0) is 37.1 Å². The predicted molar refractivity (Wildman–Crippen MR) is 91.5 cm³/mol. The minimum atomic E-state index is -3.49. The number of piperazine rings is 1. The number of carbonyl (C=O) groups is 1. The zero-order valence-electron chi connectivity index (χ0n) is 14.4. The number of hydrogen-bond donors (Lipinski definition) is 1. The molecule has 1 aliphatic rings. The van der Waals surface area contributed by atoms with Crippen molar-refractivity contribution in [1.82, 2.24) is 14.5 Å². The number of nitrogens with zero attached hydrogens (tertiary/aromatic N) is 2. The summed E-state index contributed by atoms with van der Waals surface area (Å²) in [7, 11) is -2.12. The number of benzene rings is 1. The third-order valence-electron chi connectivity index (χ3n) is 4.31. The van der Waals surface area contributed by atoms with E-state index in [-0.39, 0.29) is 6.09 Å². The molecule has 0 spiro atoms. The van der Waals surface area contributed by atoms with Crippen LogP contribution in [0.15, 0.2) is 23.1 Å². The Balaban J connectivity index is 1.81. The molecule has 0 atom stereocenters. The lowest BCUT2D eigenvalue weighted by Gasteiger charge is -2.33. The van der Waals surface area contributed by atoms with E-state index in [2.05, 4.69) is 9.62 Å². The lowest BCUT2D eigenvalue weighted by atomic mass is 10.1. The molecule has 1 aliphatic heterocycles. The molecule has 1 fully saturated rings. The van der Waals surface area contributed by atoms with Gasteiger partial charge in [0.2, 0.25) is 10.0 Å². The molecule has 1 heterocycles. The third kappa shape index (κ3) is 4.68. The number of methoxy groups -OCH3 is 1. The van der Waals surface area contributed by atoms with Gasteiger partial charge in [0.25, 0.3) is 0 Å². The molecule has 2 rings (SSSR count). The molecule has 1 N–H and O–H groups in total. The van der Waals surface area contributed by atoms with Crippen LogP contribution < -0.4 is 4.72 Å². The van der Waals surface area contributed by atoms with Crippen LogP contribution in [0.5, 0.6) is 0 Å². The molecule has 0 bridgehead atoms. The molecule has 0 radical (unpaired) electrons. The van der Waals surface area contributed by atoms with Crippen LogP contribution in [0, 0.1) is 13.8 Å². The van der Waals surface area contributed by atoms with E-state index in [1.54, 1.807) is 17.0 Å². The monoisotopic (exact) mass is 355 g/mol. The van der Waals surface area contributed by atoms with E-state index in [1.807, 2.05) is 19.9 Å². The van der Waals surface area contributed by atoms with Gasteiger partial charge in [-0.1, -0.05) is 6.07 Å². The van der Waals surface area contributed by atoms with Crippen molar-refractivity contribution in [1.29, 1.82) is 0 Å². The summed E-state index contributed by atoms with van der Waals surface area (Å²) in [4.78, 5) is 15.5. The number of hydrogen-bond acceptors (Lipinski definition) is 5. The predicted octanol–water partition coefficient (Wildman–Crippen LogP) is 0.966. The molecule has 0 unspecified atom stereocenters. The molecular weight excluding hydrogens is 330 g/mol. The van der Waals surface area contributed by atoms with Crippen LogP contribution in [-0.4, -0.2) is 70.7 Å². The second-order valence-corrected chi connectivity index (χ2v) is 7.71. The van der Waals surface area contributed by atoms with Gasteiger partial charge in [-0.25, -0.2) is 17.9 Å². The maximum Gasteiger partial charge on any atom is 0.409 e. The van der Waals surface area contributed by atoms with E-state index in [0.29, 0.717) is 44.2 Å². The summed E-state index contributed by atoms with van der Waals surface area (Å²) in [5.74, 6) is 0. The summed E-state index contributed by atoms with van der Waals surface area (Å²) in [5.41, 5.74) is 2.02. The van der Waals surface area contributed by atoms with Crippen molar-refractivity contribution < 1.29 is 17.9 Å². The van der Waals surface area contributed by atoms with Gasteiger partial charge in [-0.15, -0.1) is 0 Å². The molecule has 1 aromatic carbocycles. The largest absolute Gasteiger partial charge is 0.453 e. The maximum absolute atomic E-state index is 12.3. The molecule has 7 nitrogen and oxygen atoms in total. The topological polar surface area (TPSA) is 79.0 Å². The number of sulfonamides is 1. The first-order valence-electron chi connectivity index (χ1n) is 7.95. The summed E-state index contributed by atoms with van der Waals surface area (Å²) >= 11 is 0. The summed E-state index contributed by atoms with van der Waals surface area (Å²) in [6.45, 7) is 7.41. The van der Waals surface area contributed by atoms with E-state index in [4.69, 9.17) is 4.74 Å². The van der Waals surface area contributed by atoms with E-state index in [0.717, 1.165) is 11.1 Å². The second kappa shape index (κ2) is 7.96. The Bertz CT molecular complexity index is 683. The highest BCUT2D eigenvalue weighted by atomic mass is 32.2. The Morgan fingerprint density at radius 3 is 2.42 bits per heavy atom. The summed E-state index contributed by atoms with van der Waals surface area (Å²) < 4.78 is 32.0. The number of carbonyl (C=O) groups excluding carboxylic acids is 1. The molecule has 134 valence electrons. The molecule has 8 heteroatoms. The van der Waals surface area contributed by atoms with Crippen LogP contribution in [-0.2, 0) is 14.8 Å². The zero-order chi connectivity index (χ0) is 17.7. The normalized spacial score (nSPS) is 16.2. The third-order valence-corrected chi connectivity index (χ3v) is 5.77. The van der Waals surface area contributed by atoms with Gasteiger partial charge in [0.05, 0.1) is 12.0 Å². The smallest absolute Gasteiger partial charge is 0.409 e. The van der Waals surface area contributed by atoms with E-state index < -0.39 is 10.0 Å². The van der Waals surface area contributed by atoms with Gasteiger partial charge >= 0.3 is 6.09 Å². The lowest BCUT2D eigenvalue weighted by Crippen LogP contribution is -2.50. The Hall–Kier alpha value is -1.64. The van der Waals surface area contributed by atoms with Gasteiger partial charge < -0.3 is 9.64 Å². The average Bonchev–Trinajstić information content (AvgIpc) is 2.57. The van der Waals surface area contributed by atoms with Crippen LogP contribution in [0.25, 0.3) is 0 Å². The van der Waals surface area contributed by atoms with Crippen molar-refractivity contribution in [3.8, 4) is 0 Å². The van der Waals surface area contributed by atoms with Gasteiger partial charge in [0.1, 0.15) is 0 Å². The summed E-state index contributed by atoms with van der Waals surface area (Å²) in [5, 5.41) is 0. The highest BCUT2D eigenvalue weighted by Crippen LogP contribution is 2.14. The Labute approximate surface area is 143 Å². The molecule has 1 aromatic rings. The first kappa shape index (κ1) is 18.7. The highest BCUT2D eigenvalue weighted by Gasteiger charge is 2.21. The fourth-order valence-corrected chi connectivity index (χ4v) is 3.69. The molecule has 1 amide bonds. The van der Waals surface area contributed by atoms with Crippen LogP contribution in [0.3, 0.4) is 0 Å². The van der Waals surface area contributed by atoms with Crippen molar-refractivity contribution in [2.75, 3.05) is 46.4 Å². The minimum Gasteiger partial charge on any atom is -0.453 e. The van der Waals surface area contributed by atoms with Crippen LogP contribution in [0.2, 0.25) is 0 Å². The first-order valence-corrected chi connectivity index (χ1v) is 9.44. The molecule has 0 aliphatic carbocycles. The minimum absolute atomic E-state index is 0.293. The number of nitrogens with one attached hydrogen (secondary N) is 1. The van der Waals surface area contributed by atoms with Crippen LogP contribution >= 0.6 is 0 Å². The number of rotatable bonds is 5. The van der Waals surface area contributed by atoms with E-state index in [1.165, 1.54) is 7.11 Å². The summed E-state index contributed by atoms with van der Waals surface area (Å²) in [6.07, 6.45) is -0.315. The van der Waals surface area contributed by atoms with Crippen LogP contribution in [0.1, 0.15) is 11.1 Å². The number of aryl methyl sites for hydroxylation is 2. The van der Waals surface area contributed by atoms with Crippen LogP contribution in [0.4, 0.5) is 4.79 Å². The van der Waals surface area contributed by atoms with Crippen molar-refractivity contribution >= 4 is 16.1 Å². The quantitative estimate of drug-likeness (QED) is 0.851. The SMILES string of the molecule is COC(=O)N1CCN(CCNS(=O)(=O)c2ccc(C)c(C)c2)CC1. The molecule has 0 saturated carbocycles. The Morgan fingerprint density at radius 1 is 1.17 bits per heavy atom. The average molecular weight is 355 g/mol. The van der Waals surface area contributed by atoms with Crippen molar-refractivity contribution in [3.05, 3.63) is 29.3 Å². The maximum atomic E-state index is 12.3. The second-order valence-electron chi connectivity index (χ2n) is 5.94. The van der Waals surface area contributed by atoms with Crippen molar-refractivity contribution in [3.63, 3.8) is 0 Å². The standard InChI is InChI=1S/C16H25N3O4S/c1-13-4-5-15(12-14(13)2)24(21,22)17-6-7-18-8-10-19(11-9-18)16(20)23-3/h4-5,12,17H,6-11H2,1-3H3. The van der Waals surface area contributed by atoms with Crippen molar-refractivity contribution in [2.24, 2.45) is 0 Å². The van der Waals surface area contributed by atoms with Crippen molar-refractivity contribution in [2.45, 2.75) is 18.7 Å². The Kier molecular flexibility index (Phi) is 6.20. The first-order chi connectivity index (χ1) is 11.3. The summed E-state index contributed by atoms with van der Waals surface area (Å²) in [6, 6.07) is 5.13. The van der Waals surface area contributed by atoms with E-state index in [9.17, 15) is 13.2 Å². The van der Waals surface area contributed by atoms with Gasteiger partial charge in [-0.3, -0.25) is 4.90 Å². The number of amides is 1. The van der Waals surface area contributed by atoms with Gasteiger partial charge in [0.15, 0.2) is 0 Å². The van der Waals surface area contributed by atoms with Gasteiger partial charge in [0, 0.05) is 39.3 Å². The molecule has 1 saturated heterocycles. The fourth-order valence-electron chi connectivity index (χ4n) is 2.59. The highest BCUT2D eigenvalue weighted by molar-refractivity contribution is 7.89. The van der Waals surface area contributed by atoms with E-state index >= 15 is 0 Å². The zero-order valence-corrected chi connectivity index (χ0v) is 15.2. The molecule has 24 heavy (non-hydrogen) atoms. The number of ether oxygens (including phenoxy) is 1. The Morgan fingerprint density at radius 2 is 1.83 bits per heavy atom. The fraction of sp³-hybridized carbons (Fsp3) is 0.562. The lowest BCUT2D eigenvalue weighted by molar-refractivity contribution is 0.0918. The molecule has 0 aromatic heterocycles.